The lowest BCUT2D eigenvalue weighted by Crippen LogP contribution is -2.46. The zero-order chi connectivity index (χ0) is 19.3. The molecular formula is C18H23F3N2O3. The van der Waals surface area contributed by atoms with Crippen molar-refractivity contribution in [3.8, 4) is 5.75 Å². The third-order valence-electron chi connectivity index (χ3n) is 4.22. The van der Waals surface area contributed by atoms with Gasteiger partial charge in [-0.2, -0.15) is 0 Å². The van der Waals surface area contributed by atoms with E-state index in [1.165, 1.54) is 24.3 Å². The lowest BCUT2D eigenvalue weighted by molar-refractivity contribution is -0.274. The van der Waals surface area contributed by atoms with Crippen LogP contribution in [-0.4, -0.2) is 36.2 Å². The molecule has 1 saturated heterocycles. The van der Waals surface area contributed by atoms with E-state index in [2.05, 4.69) is 10.1 Å². The molecule has 1 aliphatic heterocycles. The summed E-state index contributed by atoms with van der Waals surface area (Å²) in [5, 5.41) is 2.79. The number of carbonyl (C=O) groups excluding carboxylic acids is 2. The number of hydrogen-bond donors (Lipinski definition) is 1. The molecule has 5 nitrogen and oxygen atoms in total. The Morgan fingerprint density at radius 3 is 2.50 bits per heavy atom. The Balaban J connectivity index is 1.85. The minimum atomic E-state index is -4.73. The fourth-order valence-electron chi connectivity index (χ4n) is 2.90. The van der Waals surface area contributed by atoms with Gasteiger partial charge in [0.15, 0.2) is 0 Å². The first kappa shape index (κ1) is 20.1. The van der Waals surface area contributed by atoms with E-state index >= 15 is 0 Å². The van der Waals surface area contributed by atoms with Crippen LogP contribution in [0.1, 0.15) is 32.3 Å². The normalized spacial score (nSPS) is 17.9. The molecule has 1 N–H and O–H groups in total. The maximum Gasteiger partial charge on any atom is 0.573 e. The number of hydrogen-bond acceptors (Lipinski definition) is 3. The van der Waals surface area contributed by atoms with Crippen molar-refractivity contribution in [2.75, 3.05) is 13.1 Å². The molecule has 0 radical (unpaired) electrons. The summed E-state index contributed by atoms with van der Waals surface area (Å²) < 4.78 is 40.2. The second-order valence-electron chi connectivity index (χ2n) is 6.69. The highest BCUT2D eigenvalue weighted by atomic mass is 19.4. The predicted molar refractivity (Wildman–Crippen MR) is 89.1 cm³/mol. The molecule has 1 heterocycles. The number of halogens is 3. The van der Waals surface area contributed by atoms with Crippen LogP contribution in [0.15, 0.2) is 24.3 Å². The maximum absolute atomic E-state index is 12.3. The number of amides is 2. The van der Waals surface area contributed by atoms with Crippen molar-refractivity contribution in [3.05, 3.63) is 29.8 Å². The summed E-state index contributed by atoms with van der Waals surface area (Å²) in [5.41, 5.74) is 0.666. The first-order valence-electron chi connectivity index (χ1n) is 8.57. The number of ether oxygens (including phenoxy) is 1. The van der Waals surface area contributed by atoms with E-state index in [0.29, 0.717) is 25.1 Å². The molecule has 0 aliphatic carbocycles. The average Bonchev–Trinajstić information content (AvgIpc) is 2.59. The Bertz CT molecular complexity index is 630. The molecule has 144 valence electrons. The van der Waals surface area contributed by atoms with Gasteiger partial charge in [0.25, 0.3) is 0 Å². The van der Waals surface area contributed by atoms with E-state index in [0.717, 1.165) is 6.42 Å². The van der Waals surface area contributed by atoms with Gasteiger partial charge in [-0.3, -0.25) is 9.59 Å². The summed E-state index contributed by atoms with van der Waals surface area (Å²) in [4.78, 5) is 26.1. The van der Waals surface area contributed by atoms with Gasteiger partial charge in [0.05, 0.1) is 5.92 Å². The van der Waals surface area contributed by atoms with Gasteiger partial charge in [-0.1, -0.05) is 26.0 Å². The highest BCUT2D eigenvalue weighted by molar-refractivity contribution is 5.82. The minimum absolute atomic E-state index is 0.0442. The summed E-state index contributed by atoms with van der Waals surface area (Å²) >= 11 is 0. The zero-order valence-corrected chi connectivity index (χ0v) is 14.8. The topological polar surface area (TPSA) is 58.6 Å². The molecule has 2 rings (SSSR count). The van der Waals surface area contributed by atoms with E-state index in [4.69, 9.17) is 0 Å². The van der Waals surface area contributed by atoms with Crippen molar-refractivity contribution >= 4 is 11.8 Å². The Morgan fingerprint density at radius 2 is 1.92 bits per heavy atom. The monoisotopic (exact) mass is 372 g/mol. The van der Waals surface area contributed by atoms with Gasteiger partial charge in [0, 0.05) is 25.6 Å². The summed E-state index contributed by atoms with van der Waals surface area (Å²) in [7, 11) is 0. The van der Waals surface area contributed by atoms with Crippen LogP contribution in [0.25, 0.3) is 0 Å². The molecule has 1 atom stereocenters. The van der Waals surface area contributed by atoms with Crippen LogP contribution < -0.4 is 10.1 Å². The standard InChI is InChI=1S/C18H23F3N2O3/c1-12(2)17(25)23-9-3-4-14(11-23)16(24)22-10-13-5-7-15(8-6-13)26-18(19,20)21/h5-8,12,14H,3-4,9-11H2,1-2H3,(H,22,24)/t14-/m1/s1. The SMILES string of the molecule is CC(C)C(=O)N1CCC[C@@H](C(=O)NCc2ccc(OC(F)(F)F)cc2)C1. The van der Waals surface area contributed by atoms with Crippen molar-refractivity contribution in [3.63, 3.8) is 0 Å². The molecule has 1 fully saturated rings. The molecule has 0 unspecified atom stereocenters. The van der Waals surface area contributed by atoms with Crippen LogP contribution in [0.3, 0.4) is 0 Å². The molecule has 0 spiro atoms. The molecule has 1 aliphatic rings. The van der Waals surface area contributed by atoms with E-state index in [1.54, 1.807) is 4.90 Å². The number of nitrogens with zero attached hydrogens (tertiary/aromatic N) is 1. The number of carbonyl (C=O) groups is 2. The van der Waals surface area contributed by atoms with Crippen molar-refractivity contribution < 1.29 is 27.5 Å². The third kappa shape index (κ3) is 5.93. The molecule has 2 amide bonds. The van der Waals surface area contributed by atoms with Crippen molar-refractivity contribution in [2.45, 2.75) is 39.6 Å². The van der Waals surface area contributed by atoms with E-state index < -0.39 is 6.36 Å². The zero-order valence-electron chi connectivity index (χ0n) is 14.8. The lowest BCUT2D eigenvalue weighted by Gasteiger charge is -2.33. The summed E-state index contributed by atoms with van der Waals surface area (Å²) in [6, 6.07) is 5.35. The second-order valence-corrected chi connectivity index (χ2v) is 6.69. The van der Waals surface area contributed by atoms with Crippen LogP contribution in [-0.2, 0) is 16.1 Å². The summed E-state index contributed by atoms with van der Waals surface area (Å²) in [5.74, 6) is -0.777. The summed E-state index contributed by atoms with van der Waals surface area (Å²) in [6.07, 6.45) is -3.23. The van der Waals surface area contributed by atoms with Crippen LogP contribution in [0.2, 0.25) is 0 Å². The quantitative estimate of drug-likeness (QED) is 0.864. The average molecular weight is 372 g/mol. The highest BCUT2D eigenvalue weighted by Gasteiger charge is 2.31. The van der Waals surface area contributed by atoms with E-state index in [1.807, 2.05) is 13.8 Å². The van der Waals surface area contributed by atoms with Crippen LogP contribution in [0, 0.1) is 11.8 Å². The molecule has 0 saturated carbocycles. The molecule has 0 bridgehead atoms. The lowest BCUT2D eigenvalue weighted by atomic mass is 9.96. The highest BCUT2D eigenvalue weighted by Crippen LogP contribution is 2.23. The third-order valence-corrected chi connectivity index (χ3v) is 4.22. The van der Waals surface area contributed by atoms with E-state index in [-0.39, 0.29) is 35.9 Å². The molecule has 0 aromatic heterocycles. The molecular weight excluding hydrogens is 349 g/mol. The molecule has 26 heavy (non-hydrogen) atoms. The second kappa shape index (κ2) is 8.42. The van der Waals surface area contributed by atoms with Gasteiger partial charge in [-0.25, -0.2) is 0 Å². The van der Waals surface area contributed by atoms with Gasteiger partial charge in [0.2, 0.25) is 11.8 Å². The van der Waals surface area contributed by atoms with Gasteiger partial charge < -0.3 is 15.0 Å². The Hall–Kier alpha value is -2.25. The van der Waals surface area contributed by atoms with Crippen LogP contribution in [0.5, 0.6) is 5.75 Å². The van der Waals surface area contributed by atoms with Gasteiger partial charge in [0.1, 0.15) is 5.75 Å². The molecule has 1 aromatic carbocycles. The molecule has 8 heteroatoms. The van der Waals surface area contributed by atoms with E-state index in [9.17, 15) is 22.8 Å². The number of nitrogens with one attached hydrogen (secondary N) is 1. The smallest absolute Gasteiger partial charge is 0.406 e. The van der Waals surface area contributed by atoms with Gasteiger partial charge in [-0.05, 0) is 30.5 Å². The minimum Gasteiger partial charge on any atom is -0.406 e. The largest absolute Gasteiger partial charge is 0.573 e. The van der Waals surface area contributed by atoms with Crippen LogP contribution in [0.4, 0.5) is 13.2 Å². The maximum atomic E-state index is 12.3. The van der Waals surface area contributed by atoms with Gasteiger partial charge >= 0.3 is 6.36 Å². The number of rotatable bonds is 5. The summed E-state index contributed by atoms with van der Waals surface area (Å²) in [6.45, 7) is 4.94. The first-order valence-corrected chi connectivity index (χ1v) is 8.57. The fraction of sp³-hybridized carbons (Fsp3) is 0.556. The number of alkyl halides is 3. The van der Waals surface area contributed by atoms with Crippen LogP contribution >= 0.6 is 0 Å². The Morgan fingerprint density at radius 1 is 1.27 bits per heavy atom. The number of piperidine rings is 1. The Kier molecular flexibility index (Phi) is 6.50. The molecule has 1 aromatic rings. The first-order chi connectivity index (χ1) is 12.2. The number of benzene rings is 1. The predicted octanol–water partition coefficient (Wildman–Crippen LogP) is 3.10. The van der Waals surface area contributed by atoms with Crippen molar-refractivity contribution in [1.29, 1.82) is 0 Å². The Labute approximate surface area is 150 Å². The van der Waals surface area contributed by atoms with Crippen molar-refractivity contribution in [1.82, 2.24) is 10.2 Å². The number of likely N-dealkylation sites (tertiary alicyclic amines) is 1. The van der Waals surface area contributed by atoms with Crippen molar-refractivity contribution in [2.24, 2.45) is 11.8 Å². The van der Waals surface area contributed by atoms with Gasteiger partial charge in [-0.15, -0.1) is 13.2 Å². The fourth-order valence-corrected chi connectivity index (χ4v) is 2.90.